The molecule has 1 aliphatic heterocycles. The highest BCUT2D eigenvalue weighted by molar-refractivity contribution is 9.10. The summed E-state index contributed by atoms with van der Waals surface area (Å²) in [6.07, 6.45) is -5.58. The van der Waals surface area contributed by atoms with E-state index in [1.54, 1.807) is 0 Å². The van der Waals surface area contributed by atoms with E-state index in [0.717, 1.165) is 31.6 Å². The summed E-state index contributed by atoms with van der Waals surface area (Å²) >= 11 is 4.79. The van der Waals surface area contributed by atoms with Gasteiger partial charge in [0, 0.05) is 29.6 Å². The zero-order valence-electron chi connectivity index (χ0n) is 31.3. The number of hydrogen-bond acceptors (Lipinski definition) is 11. The number of aryl methyl sites for hydroxylation is 1. The molecular formula is C41H49BrO10S. The van der Waals surface area contributed by atoms with Crippen LogP contribution in [0.3, 0.4) is 0 Å². The van der Waals surface area contributed by atoms with Crippen LogP contribution in [-0.2, 0) is 66.2 Å². The molecule has 0 saturated carbocycles. The van der Waals surface area contributed by atoms with Gasteiger partial charge in [-0.3, -0.25) is 14.4 Å². The molecule has 1 heterocycles. The van der Waals surface area contributed by atoms with E-state index in [1.165, 1.54) is 32.5 Å². The molecule has 4 rings (SSSR count). The summed E-state index contributed by atoms with van der Waals surface area (Å²) in [6.45, 7) is 12.3. The number of hydrogen-bond donors (Lipinski definition) is 0. The van der Waals surface area contributed by atoms with Crippen LogP contribution < -0.4 is 0 Å². The summed E-state index contributed by atoms with van der Waals surface area (Å²) in [5.41, 5.74) is 2.64. The number of rotatable bonds is 16. The van der Waals surface area contributed by atoms with Gasteiger partial charge < -0.3 is 33.2 Å². The molecule has 12 heteroatoms. The third kappa shape index (κ3) is 13.1. The summed E-state index contributed by atoms with van der Waals surface area (Å²) in [7, 11) is 0. The van der Waals surface area contributed by atoms with Gasteiger partial charge in [0.15, 0.2) is 12.2 Å². The van der Waals surface area contributed by atoms with Crippen molar-refractivity contribution in [2.75, 3.05) is 6.61 Å². The molecule has 3 aromatic carbocycles. The van der Waals surface area contributed by atoms with Crippen molar-refractivity contribution < 1.29 is 47.6 Å². The first kappa shape index (κ1) is 42.2. The summed E-state index contributed by atoms with van der Waals surface area (Å²) in [5, 5.41) is 0. The van der Waals surface area contributed by atoms with E-state index in [1.807, 2.05) is 67.6 Å². The Balaban J connectivity index is 1.84. The fraction of sp³-hybridized carbons (Fsp3) is 0.463. The molecule has 1 saturated heterocycles. The molecule has 1 fully saturated rings. The molecule has 0 aromatic heterocycles. The van der Waals surface area contributed by atoms with Crippen molar-refractivity contribution in [2.45, 2.75) is 121 Å². The van der Waals surface area contributed by atoms with Crippen LogP contribution in [0.1, 0.15) is 76.6 Å². The third-order valence-corrected chi connectivity index (χ3v) is 10.4. The van der Waals surface area contributed by atoms with Gasteiger partial charge in [-0.15, -0.1) is 0 Å². The topological polar surface area (TPSA) is 124 Å². The van der Waals surface area contributed by atoms with Crippen molar-refractivity contribution in [3.63, 3.8) is 0 Å². The Morgan fingerprint density at radius 3 is 2.11 bits per heavy atom. The summed E-state index contributed by atoms with van der Waals surface area (Å²) < 4.78 is 38.5. The van der Waals surface area contributed by atoms with Crippen molar-refractivity contribution in [2.24, 2.45) is 0 Å². The Morgan fingerprint density at radius 1 is 0.811 bits per heavy atom. The average molecular weight is 814 g/mol. The second kappa shape index (κ2) is 19.7. The van der Waals surface area contributed by atoms with E-state index < -0.39 is 53.9 Å². The van der Waals surface area contributed by atoms with Crippen LogP contribution in [0.5, 0.6) is 0 Å². The molecule has 0 aliphatic carbocycles. The Morgan fingerprint density at radius 2 is 1.49 bits per heavy atom. The number of ether oxygens (including phenoxy) is 6. The fourth-order valence-electron chi connectivity index (χ4n) is 5.67. The van der Waals surface area contributed by atoms with Crippen LogP contribution in [0.15, 0.2) is 82.2 Å². The van der Waals surface area contributed by atoms with Gasteiger partial charge in [0.05, 0.1) is 19.6 Å². The highest BCUT2D eigenvalue weighted by atomic mass is 79.9. The quantitative estimate of drug-likeness (QED) is 0.104. The summed E-state index contributed by atoms with van der Waals surface area (Å²) in [6, 6.07) is 23.2. The molecule has 6 atom stereocenters. The molecule has 3 aromatic rings. The number of carbonyl (C=O) groups is 4. The molecule has 1 aliphatic rings. The van der Waals surface area contributed by atoms with Crippen LogP contribution >= 0.6 is 27.7 Å². The Bertz CT molecular complexity index is 1690. The van der Waals surface area contributed by atoms with Gasteiger partial charge in [-0.2, -0.15) is 0 Å². The number of esters is 3. The van der Waals surface area contributed by atoms with Gasteiger partial charge in [-0.1, -0.05) is 103 Å². The lowest BCUT2D eigenvalue weighted by Gasteiger charge is -2.47. The van der Waals surface area contributed by atoms with E-state index in [2.05, 4.69) is 48.8 Å². The molecule has 0 radical (unpaired) electrons. The smallest absolute Gasteiger partial charge is 0.306 e. The number of Topliss-reactive ketones (excluding diaryl/α,β-unsaturated/α-hetero) is 1. The lowest BCUT2D eigenvalue weighted by molar-refractivity contribution is -0.259. The van der Waals surface area contributed by atoms with Crippen molar-refractivity contribution >= 4 is 51.4 Å². The Hall–Kier alpha value is -3.55. The predicted octanol–water partition coefficient (Wildman–Crippen LogP) is 7.82. The van der Waals surface area contributed by atoms with Crippen LogP contribution in [-0.4, -0.2) is 66.3 Å². The van der Waals surface area contributed by atoms with Crippen LogP contribution in [0.25, 0.3) is 0 Å². The molecule has 0 amide bonds. The molecule has 0 spiro atoms. The Kier molecular flexibility index (Phi) is 15.7. The van der Waals surface area contributed by atoms with Crippen molar-refractivity contribution in [3.05, 3.63) is 99.5 Å². The van der Waals surface area contributed by atoms with Crippen LogP contribution in [0.2, 0.25) is 0 Å². The largest absolute Gasteiger partial charge is 0.463 e. The highest BCUT2D eigenvalue weighted by Crippen LogP contribution is 2.41. The minimum Gasteiger partial charge on any atom is -0.463 e. The summed E-state index contributed by atoms with van der Waals surface area (Å²) in [5.74, 6) is -1.98. The maximum atomic E-state index is 13.5. The van der Waals surface area contributed by atoms with E-state index in [-0.39, 0.29) is 43.9 Å². The zero-order chi connectivity index (χ0) is 38.7. The second-order valence-electron chi connectivity index (χ2n) is 14.1. The summed E-state index contributed by atoms with van der Waals surface area (Å²) in [4.78, 5) is 51.1. The standard InChI is InChI=1S/C41H49BrO10S/c1-25-13-17-31(41(5,6)7)21-34(25)53-40-39(50-28(4)45)38(51-35(46)20-14-26(2)43)37(49-23-30-15-18-32(42)19-16-30)36(52-40)33(24-47-27(3)44)48-22-29-11-9-8-10-12-29/h8-13,15-19,21,33,36-40H,14,20,22-24H2,1-7H3/t33-,36+,37+,38-,39-,40?/m0/s1. The van der Waals surface area contributed by atoms with Gasteiger partial charge in [-0.05, 0) is 59.7 Å². The monoisotopic (exact) mass is 812 g/mol. The number of ketones is 1. The molecule has 286 valence electrons. The molecular weight excluding hydrogens is 764 g/mol. The normalized spacial score (nSPS) is 20.6. The lowest BCUT2D eigenvalue weighted by atomic mass is 9.87. The highest BCUT2D eigenvalue weighted by Gasteiger charge is 2.54. The number of halogens is 1. The first-order valence-corrected chi connectivity index (χ1v) is 19.2. The van der Waals surface area contributed by atoms with Gasteiger partial charge in [0.25, 0.3) is 0 Å². The van der Waals surface area contributed by atoms with Crippen molar-refractivity contribution in [1.82, 2.24) is 0 Å². The Labute approximate surface area is 324 Å². The van der Waals surface area contributed by atoms with E-state index in [4.69, 9.17) is 28.4 Å². The average Bonchev–Trinajstić information content (AvgIpc) is 3.09. The van der Waals surface area contributed by atoms with Gasteiger partial charge in [0.1, 0.15) is 36.1 Å². The number of carbonyl (C=O) groups excluding carboxylic acids is 4. The molecule has 1 unspecified atom stereocenters. The predicted molar refractivity (Wildman–Crippen MR) is 204 cm³/mol. The van der Waals surface area contributed by atoms with Gasteiger partial charge in [0.2, 0.25) is 0 Å². The third-order valence-electron chi connectivity index (χ3n) is 8.56. The maximum Gasteiger partial charge on any atom is 0.306 e. The zero-order valence-corrected chi connectivity index (χ0v) is 33.7. The SMILES string of the molecule is CC(=O)CCC(=O)O[C@H]1[C@H](OCc2ccc(Br)cc2)[C@@H]([C@H](COC(C)=O)OCc2ccccc2)OC(Sc2cc(C(C)(C)C)ccc2C)[C@H]1OC(C)=O. The second-order valence-corrected chi connectivity index (χ2v) is 16.1. The molecule has 0 bridgehead atoms. The molecule has 0 N–H and O–H groups in total. The number of thioether (sulfide) groups is 1. The first-order valence-electron chi connectivity index (χ1n) is 17.5. The van der Waals surface area contributed by atoms with Crippen molar-refractivity contribution in [3.8, 4) is 0 Å². The lowest BCUT2D eigenvalue weighted by Crippen LogP contribution is -2.63. The molecule has 53 heavy (non-hydrogen) atoms. The van der Waals surface area contributed by atoms with E-state index in [9.17, 15) is 19.2 Å². The fourth-order valence-corrected chi connectivity index (χ4v) is 7.16. The van der Waals surface area contributed by atoms with Crippen LogP contribution in [0.4, 0.5) is 0 Å². The van der Waals surface area contributed by atoms with Gasteiger partial charge >= 0.3 is 17.9 Å². The minimum atomic E-state index is -1.21. The minimum absolute atomic E-state index is 0.0274. The van der Waals surface area contributed by atoms with E-state index >= 15 is 0 Å². The van der Waals surface area contributed by atoms with Crippen molar-refractivity contribution in [1.29, 1.82) is 0 Å². The molecule has 10 nitrogen and oxygen atoms in total. The maximum absolute atomic E-state index is 13.5. The first-order chi connectivity index (χ1) is 25.1. The number of benzene rings is 3. The van der Waals surface area contributed by atoms with Gasteiger partial charge in [-0.25, -0.2) is 0 Å². The van der Waals surface area contributed by atoms with Crippen LogP contribution in [0, 0.1) is 6.92 Å². The van der Waals surface area contributed by atoms with E-state index in [0.29, 0.717) is 0 Å².